The zero-order valence-corrected chi connectivity index (χ0v) is 11.6. The molecule has 0 amide bonds. The first-order chi connectivity index (χ1) is 10.8. The number of hydrogen-bond acceptors (Lipinski definition) is 3. The summed E-state index contributed by atoms with van der Waals surface area (Å²) in [4.78, 5) is 27.9. The van der Waals surface area contributed by atoms with Crippen LogP contribution in [0.5, 0.6) is 0 Å². The highest BCUT2D eigenvalue weighted by molar-refractivity contribution is 5.38. The summed E-state index contributed by atoms with van der Waals surface area (Å²) in [6.07, 6.45) is -2.30. The third-order valence-corrected chi connectivity index (χ3v) is 3.27. The Kier molecular flexibility index (Phi) is 3.51. The van der Waals surface area contributed by atoms with Crippen LogP contribution in [0.1, 0.15) is 11.3 Å². The molecule has 8 heteroatoms. The normalized spacial score (nSPS) is 11.8. The van der Waals surface area contributed by atoms with Gasteiger partial charge >= 0.3 is 6.18 Å². The van der Waals surface area contributed by atoms with E-state index in [1.54, 1.807) is 18.2 Å². The lowest BCUT2D eigenvalue weighted by atomic mass is 10.2. The summed E-state index contributed by atoms with van der Waals surface area (Å²) in [5, 5.41) is 0. The Bertz CT molecular complexity index is 989. The maximum Gasteiger partial charge on any atom is 0.417 e. The van der Waals surface area contributed by atoms with Crippen LogP contribution in [0.4, 0.5) is 13.2 Å². The Balaban J connectivity index is 2.06. The minimum Gasteiger partial charge on any atom is -0.309 e. The summed E-state index contributed by atoms with van der Waals surface area (Å²) in [5.41, 5.74) is -1.34. The number of hydrogen-bond donors (Lipinski definition) is 0. The first-order valence-electron chi connectivity index (χ1n) is 6.59. The van der Waals surface area contributed by atoms with Gasteiger partial charge in [-0.2, -0.15) is 13.2 Å². The monoisotopic (exact) mass is 321 g/mol. The lowest BCUT2D eigenvalue weighted by Gasteiger charge is -2.10. The van der Waals surface area contributed by atoms with Crippen molar-refractivity contribution in [3.63, 3.8) is 0 Å². The zero-order valence-electron chi connectivity index (χ0n) is 11.6. The van der Waals surface area contributed by atoms with Crippen LogP contribution >= 0.6 is 0 Å². The second kappa shape index (κ2) is 5.38. The molecule has 3 heterocycles. The summed E-state index contributed by atoms with van der Waals surface area (Å²) < 4.78 is 40.4. The Labute approximate surface area is 127 Å². The number of rotatable bonds is 2. The van der Waals surface area contributed by atoms with Gasteiger partial charge < -0.3 is 4.57 Å². The first kappa shape index (κ1) is 15.0. The van der Waals surface area contributed by atoms with Gasteiger partial charge in [0.15, 0.2) is 0 Å². The van der Waals surface area contributed by atoms with Crippen molar-refractivity contribution in [2.45, 2.75) is 12.7 Å². The third kappa shape index (κ3) is 3.01. The van der Waals surface area contributed by atoms with Crippen LogP contribution in [-0.2, 0) is 12.7 Å². The van der Waals surface area contributed by atoms with Crippen molar-refractivity contribution < 1.29 is 13.2 Å². The fourth-order valence-corrected chi connectivity index (χ4v) is 2.18. The van der Waals surface area contributed by atoms with Gasteiger partial charge in [0.05, 0.1) is 17.8 Å². The SMILES string of the molecule is O=c1ccc(C(F)(F)F)cn1Cc1cc(=O)n2ccccc2n1. The molecule has 0 aliphatic carbocycles. The number of fused-ring (bicyclic) bond motifs is 1. The molecule has 3 aromatic rings. The summed E-state index contributed by atoms with van der Waals surface area (Å²) in [6, 6.07) is 7.70. The smallest absolute Gasteiger partial charge is 0.309 e. The summed E-state index contributed by atoms with van der Waals surface area (Å²) >= 11 is 0. The predicted octanol–water partition coefficient (Wildman–Crippen LogP) is 1.92. The van der Waals surface area contributed by atoms with E-state index < -0.39 is 17.3 Å². The molecule has 0 spiro atoms. The van der Waals surface area contributed by atoms with Crippen LogP contribution in [0.2, 0.25) is 0 Å². The van der Waals surface area contributed by atoms with E-state index in [4.69, 9.17) is 0 Å². The van der Waals surface area contributed by atoms with Crippen molar-refractivity contribution in [1.82, 2.24) is 14.0 Å². The molecule has 0 N–H and O–H groups in total. The van der Waals surface area contributed by atoms with E-state index in [1.165, 1.54) is 16.7 Å². The van der Waals surface area contributed by atoms with Crippen molar-refractivity contribution in [3.8, 4) is 0 Å². The molecule has 0 aliphatic rings. The molecule has 0 saturated carbocycles. The quantitative estimate of drug-likeness (QED) is 0.725. The average Bonchev–Trinajstić information content (AvgIpc) is 2.48. The molecule has 0 radical (unpaired) electrons. The minimum absolute atomic E-state index is 0.211. The van der Waals surface area contributed by atoms with Crippen molar-refractivity contribution in [3.05, 3.63) is 80.8 Å². The first-order valence-corrected chi connectivity index (χ1v) is 6.59. The summed E-state index contributed by atoms with van der Waals surface area (Å²) in [5.74, 6) is 0. The molecule has 0 bridgehead atoms. The highest BCUT2D eigenvalue weighted by Gasteiger charge is 2.31. The van der Waals surface area contributed by atoms with Crippen LogP contribution in [0.3, 0.4) is 0 Å². The van der Waals surface area contributed by atoms with E-state index in [9.17, 15) is 22.8 Å². The van der Waals surface area contributed by atoms with Crippen LogP contribution in [0, 0.1) is 0 Å². The van der Waals surface area contributed by atoms with Gasteiger partial charge in [0, 0.05) is 24.5 Å². The molecule has 0 saturated heterocycles. The van der Waals surface area contributed by atoms with E-state index >= 15 is 0 Å². The van der Waals surface area contributed by atoms with Crippen molar-refractivity contribution in [2.24, 2.45) is 0 Å². The fraction of sp³-hybridized carbons (Fsp3) is 0.133. The van der Waals surface area contributed by atoms with Gasteiger partial charge in [0.2, 0.25) is 0 Å². The second-order valence-electron chi connectivity index (χ2n) is 4.90. The Morgan fingerprint density at radius 1 is 1.04 bits per heavy atom. The largest absolute Gasteiger partial charge is 0.417 e. The van der Waals surface area contributed by atoms with Crippen molar-refractivity contribution in [1.29, 1.82) is 0 Å². The maximum absolute atomic E-state index is 12.7. The standard InChI is InChI=1S/C15H10F3N3O2/c16-15(17,18)10-4-5-13(22)20(8-10)9-11-7-14(23)21-6-2-1-3-12(21)19-11/h1-8H,9H2. The number of halogens is 3. The van der Waals surface area contributed by atoms with Gasteiger partial charge in [0.1, 0.15) is 5.65 Å². The van der Waals surface area contributed by atoms with Crippen molar-refractivity contribution in [2.75, 3.05) is 0 Å². The van der Waals surface area contributed by atoms with Crippen molar-refractivity contribution >= 4 is 5.65 Å². The number of aromatic nitrogens is 3. The van der Waals surface area contributed by atoms with Gasteiger partial charge in [-0.05, 0) is 18.2 Å². The Hall–Kier alpha value is -2.90. The highest BCUT2D eigenvalue weighted by atomic mass is 19.4. The van der Waals surface area contributed by atoms with Crippen LogP contribution in [0.15, 0.2) is 58.4 Å². The predicted molar refractivity (Wildman–Crippen MR) is 76.3 cm³/mol. The lowest BCUT2D eigenvalue weighted by molar-refractivity contribution is -0.138. The molecule has 0 aliphatic heterocycles. The molecule has 23 heavy (non-hydrogen) atoms. The third-order valence-electron chi connectivity index (χ3n) is 3.27. The molecule has 0 unspecified atom stereocenters. The van der Waals surface area contributed by atoms with Crippen LogP contribution < -0.4 is 11.1 Å². The second-order valence-corrected chi connectivity index (χ2v) is 4.90. The minimum atomic E-state index is -4.55. The molecule has 118 valence electrons. The van der Waals surface area contributed by atoms with Gasteiger partial charge in [-0.15, -0.1) is 0 Å². The molecule has 5 nitrogen and oxygen atoms in total. The van der Waals surface area contributed by atoms with E-state index in [2.05, 4.69) is 4.98 Å². The van der Waals surface area contributed by atoms with Gasteiger partial charge in [-0.25, -0.2) is 4.98 Å². The maximum atomic E-state index is 12.7. The van der Waals surface area contributed by atoms with E-state index in [1.807, 2.05) is 0 Å². The highest BCUT2D eigenvalue weighted by Crippen LogP contribution is 2.28. The van der Waals surface area contributed by atoms with Gasteiger partial charge in [0.25, 0.3) is 11.1 Å². The fourth-order valence-electron chi connectivity index (χ4n) is 2.18. The lowest BCUT2D eigenvalue weighted by Crippen LogP contribution is -2.24. The van der Waals surface area contributed by atoms with E-state index in [0.717, 1.165) is 22.9 Å². The van der Waals surface area contributed by atoms with E-state index in [-0.39, 0.29) is 17.8 Å². The van der Waals surface area contributed by atoms with E-state index in [0.29, 0.717) is 5.65 Å². The van der Waals surface area contributed by atoms with Crippen LogP contribution in [-0.4, -0.2) is 14.0 Å². The molecule has 0 atom stereocenters. The van der Waals surface area contributed by atoms with Gasteiger partial charge in [-0.3, -0.25) is 14.0 Å². The zero-order chi connectivity index (χ0) is 16.6. The number of nitrogens with zero attached hydrogens (tertiary/aromatic N) is 3. The Morgan fingerprint density at radius 2 is 1.83 bits per heavy atom. The summed E-state index contributed by atoms with van der Waals surface area (Å²) in [7, 11) is 0. The molecule has 3 aromatic heterocycles. The molecular formula is C15H10F3N3O2. The molecule has 0 aromatic carbocycles. The van der Waals surface area contributed by atoms with Gasteiger partial charge in [-0.1, -0.05) is 6.07 Å². The number of pyridine rings is 2. The number of alkyl halides is 3. The average molecular weight is 321 g/mol. The molecular weight excluding hydrogens is 311 g/mol. The molecule has 0 fully saturated rings. The van der Waals surface area contributed by atoms with Crippen LogP contribution in [0.25, 0.3) is 5.65 Å². The Morgan fingerprint density at radius 3 is 2.57 bits per heavy atom. The topological polar surface area (TPSA) is 56.4 Å². The summed E-state index contributed by atoms with van der Waals surface area (Å²) in [6.45, 7) is -0.219. The molecule has 3 rings (SSSR count).